The van der Waals surface area contributed by atoms with Crippen LogP contribution in [0.4, 0.5) is 0 Å². The molecule has 21 atom stereocenters. The number of aliphatic hydroxyl groups excluding tert-OH is 1. The highest BCUT2D eigenvalue weighted by Crippen LogP contribution is 2.59. The first-order valence-electron chi connectivity index (χ1n) is 29.2. The highest BCUT2D eigenvalue weighted by Gasteiger charge is 2.73. The predicted octanol–water partition coefficient (Wildman–Crippen LogP) is 10.1. The van der Waals surface area contributed by atoms with Crippen LogP contribution in [0.25, 0.3) is 0 Å². The number of aliphatic hydroxyl groups is 1. The molecular weight excluding hydrogens is 979 g/mol. The van der Waals surface area contributed by atoms with Crippen LogP contribution >= 0.6 is 0 Å². The maximum atomic E-state index is 14.0. The summed E-state index contributed by atoms with van der Waals surface area (Å²) in [6.45, 7) is 27.2. The van der Waals surface area contributed by atoms with Crippen molar-refractivity contribution in [1.29, 1.82) is 0 Å². The van der Waals surface area contributed by atoms with Crippen molar-refractivity contribution in [2.75, 3.05) is 6.54 Å². The Morgan fingerprint density at radius 1 is 0.763 bits per heavy atom. The Kier molecular flexibility index (Phi) is 14.2. The fourth-order valence-corrected chi connectivity index (χ4v) is 16.9. The lowest BCUT2D eigenvalue weighted by atomic mass is 9.70. The van der Waals surface area contributed by atoms with Crippen molar-refractivity contribution in [2.45, 2.75) is 246 Å². The first-order valence-corrected chi connectivity index (χ1v) is 32.1. The van der Waals surface area contributed by atoms with Crippen molar-refractivity contribution in [3.05, 3.63) is 95.6 Å². The van der Waals surface area contributed by atoms with Crippen LogP contribution in [0.2, 0.25) is 18.1 Å². The summed E-state index contributed by atoms with van der Waals surface area (Å²) < 4.78 is 64.3. The van der Waals surface area contributed by atoms with Gasteiger partial charge in [0, 0.05) is 25.7 Å². The number of imide groups is 1. The molecule has 2 aromatic rings. The number of carbonyl (C=O) groups is 2. The maximum absolute atomic E-state index is 14.0. The highest BCUT2D eigenvalue weighted by atomic mass is 28.4. The number of hydrogen-bond acceptors (Lipinski definition) is 12. The van der Waals surface area contributed by atoms with E-state index in [2.05, 4.69) is 85.5 Å². The third-order valence-electron chi connectivity index (χ3n) is 20.6. The van der Waals surface area contributed by atoms with Crippen molar-refractivity contribution in [1.82, 2.24) is 4.90 Å². The summed E-state index contributed by atoms with van der Waals surface area (Å²) in [7, 11) is -2.46. The minimum absolute atomic E-state index is 0.00394. The molecule has 6 unspecified atom stereocenters. The Hall–Kier alpha value is -3.12. The van der Waals surface area contributed by atoms with Crippen molar-refractivity contribution >= 4 is 20.1 Å². The molecule has 0 radical (unpaired) electrons. The smallest absolute Gasteiger partial charge is 0.261 e. The molecule has 414 valence electrons. The summed E-state index contributed by atoms with van der Waals surface area (Å²) >= 11 is 0. The highest BCUT2D eigenvalue weighted by molar-refractivity contribution is 6.74. The molecule has 11 aliphatic heterocycles. The number of nitrogens with zero attached hydrogens (tertiary/aromatic N) is 1. The van der Waals surface area contributed by atoms with Gasteiger partial charge in [0.05, 0.1) is 78.7 Å². The van der Waals surface area contributed by atoms with Gasteiger partial charge in [-0.15, -0.1) is 0 Å². The van der Waals surface area contributed by atoms with E-state index in [4.69, 9.17) is 48.9 Å². The molecule has 2 amide bonds. The van der Waals surface area contributed by atoms with Gasteiger partial charge in [0.15, 0.2) is 14.1 Å². The van der Waals surface area contributed by atoms with Gasteiger partial charge in [0.2, 0.25) is 0 Å². The monoisotopic (exact) mass is 1060 g/mol. The fourth-order valence-electron chi connectivity index (χ4n) is 15.5. The number of fused-ring (bicyclic) bond motifs is 7. The van der Waals surface area contributed by atoms with E-state index in [9.17, 15) is 14.7 Å². The van der Waals surface area contributed by atoms with Crippen molar-refractivity contribution in [3.8, 4) is 0 Å². The summed E-state index contributed by atoms with van der Waals surface area (Å²) in [6.07, 6.45) is 4.81. The van der Waals surface area contributed by atoms with E-state index in [0.717, 1.165) is 61.7 Å². The lowest BCUT2D eigenvalue weighted by Crippen LogP contribution is -2.62. The molecule has 13 nitrogen and oxygen atoms in total. The van der Waals surface area contributed by atoms with Gasteiger partial charge >= 0.3 is 0 Å². The van der Waals surface area contributed by atoms with E-state index in [1.165, 1.54) is 4.90 Å². The minimum atomic E-state index is -2.46. The van der Waals surface area contributed by atoms with Crippen LogP contribution in [0, 0.1) is 23.7 Å². The average Bonchev–Trinajstić information content (AvgIpc) is 4.19. The van der Waals surface area contributed by atoms with Gasteiger partial charge in [0.25, 0.3) is 11.8 Å². The number of ether oxygens (including phenoxy) is 8. The molecule has 13 rings (SSSR count). The molecule has 1 N–H and O–H groups in total. The molecule has 10 fully saturated rings. The van der Waals surface area contributed by atoms with Crippen LogP contribution in [0.15, 0.2) is 78.9 Å². The fraction of sp³-hybridized carbons (Fsp3) is 0.710. The summed E-state index contributed by atoms with van der Waals surface area (Å²) in [6, 6.07) is 17.6. The molecule has 0 aromatic heterocycles. The molecule has 76 heavy (non-hydrogen) atoms. The molecule has 0 saturated carbocycles. The summed E-state index contributed by atoms with van der Waals surface area (Å²) in [5.74, 6) is -1.63. The second-order valence-corrected chi connectivity index (χ2v) is 31.5. The first-order chi connectivity index (χ1) is 36.2. The van der Waals surface area contributed by atoms with Gasteiger partial charge in [-0.25, -0.2) is 0 Å². The normalized spacial score (nSPS) is 43.7. The van der Waals surface area contributed by atoms with Crippen LogP contribution in [-0.4, -0.2) is 140 Å². The van der Waals surface area contributed by atoms with Gasteiger partial charge in [-0.1, -0.05) is 90.2 Å². The van der Waals surface area contributed by atoms with Crippen LogP contribution in [0.3, 0.4) is 0 Å². The average molecular weight is 1060 g/mol. The largest absolute Gasteiger partial charge is 0.412 e. The third-order valence-corrected chi connectivity index (χ3v) is 25.1. The molecule has 12 bridgehead atoms. The van der Waals surface area contributed by atoms with Crippen LogP contribution < -0.4 is 0 Å². The van der Waals surface area contributed by atoms with E-state index in [-0.39, 0.29) is 126 Å². The molecule has 11 heterocycles. The van der Waals surface area contributed by atoms with Crippen molar-refractivity contribution < 1.29 is 57.0 Å². The zero-order valence-electron chi connectivity index (χ0n) is 46.4. The van der Waals surface area contributed by atoms with Gasteiger partial charge in [-0.3, -0.25) is 14.5 Å². The molecule has 0 aliphatic carbocycles. The number of benzene rings is 2. The van der Waals surface area contributed by atoms with E-state index in [1.54, 1.807) is 24.3 Å². The minimum Gasteiger partial charge on any atom is -0.412 e. The van der Waals surface area contributed by atoms with Crippen LogP contribution in [-0.2, 0) is 48.7 Å². The third kappa shape index (κ3) is 9.70. The molecular formula is C62H85NO12Si. The second kappa shape index (κ2) is 20.1. The quantitative estimate of drug-likeness (QED) is 0.153. The first kappa shape index (κ1) is 53.5. The Labute approximate surface area is 452 Å². The Balaban J connectivity index is 0.889. The van der Waals surface area contributed by atoms with Gasteiger partial charge in [0.1, 0.15) is 36.1 Å². The van der Waals surface area contributed by atoms with Crippen molar-refractivity contribution in [2.24, 2.45) is 23.7 Å². The number of amides is 2. The number of hydrogen-bond donors (Lipinski definition) is 1. The maximum Gasteiger partial charge on any atom is 0.261 e. The van der Waals surface area contributed by atoms with Crippen LogP contribution in [0.1, 0.15) is 145 Å². The van der Waals surface area contributed by atoms with Crippen molar-refractivity contribution in [3.63, 3.8) is 0 Å². The lowest BCUT2D eigenvalue weighted by Gasteiger charge is -2.48. The molecule has 2 aromatic carbocycles. The molecule has 11 aliphatic rings. The molecule has 10 saturated heterocycles. The molecule has 14 heteroatoms. The van der Waals surface area contributed by atoms with Gasteiger partial charge < -0.3 is 47.4 Å². The SMILES string of the molecule is C=C1C[C@@H]2CC[C@@]34C[C@]5(C)O[C@H]6[C@@H](O3)[C@H]3O[C@H](CC[C@@H]3O[C@H]6[C@H]5O4)CC(O)C(Cc3ccccc3)C3[C@@H](C)C(C[C@@H](CN4C(=O)c5ccccc5C4=O)O[Si](C)(C)C(C)(C)C)O[C@H]3CC3O[C@@H](CCC1O2)C[C@@H](C)C3=C. The van der Waals surface area contributed by atoms with Crippen LogP contribution in [0.5, 0.6) is 0 Å². The van der Waals surface area contributed by atoms with Gasteiger partial charge in [-0.05, 0) is 135 Å². The summed E-state index contributed by atoms with van der Waals surface area (Å²) in [4.78, 5) is 29.4. The Morgan fingerprint density at radius 2 is 1.45 bits per heavy atom. The zero-order valence-corrected chi connectivity index (χ0v) is 47.4. The standard InChI is InChI=1S/C62H85NO12Si/c1-34-26-39-20-22-47-35(2)27-41(67-47)24-25-62-33-61(8)57(74-62)56-55(72-61)54(73-62)53-48(71-56)23-21-40(69-53)29-46(64)45(28-38-16-12-11-13-17-38)52-37(4)49(70-51(52)31-50(68-39)36(34)3)30-42(75-76(9,10)60(5,6)7)32-63-58(65)43-18-14-15-19-44(43)59(63)66/h11-19,34,37,39-42,45-57,64H,2-3,20-33H2,1,4-10H3/t34-,37+,39+,40-,41+,42+,45?,46?,47?,48+,49?,50?,51+,52?,53+,54+,55+,56-,57-,61+,62-/m1/s1. The Morgan fingerprint density at radius 3 is 2.18 bits per heavy atom. The van der Waals surface area contributed by atoms with Gasteiger partial charge in [-0.2, -0.15) is 0 Å². The second-order valence-electron chi connectivity index (χ2n) is 26.8. The zero-order chi connectivity index (χ0) is 53.2. The van der Waals surface area contributed by atoms with E-state index >= 15 is 0 Å². The van der Waals surface area contributed by atoms with E-state index in [0.29, 0.717) is 49.7 Å². The summed E-state index contributed by atoms with van der Waals surface area (Å²) in [5.41, 5.74) is 3.67. The predicted molar refractivity (Wildman–Crippen MR) is 288 cm³/mol. The van der Waals surface area contributed by atoms with E-state index in [1.807, 2.05) is 6.07 Å². The number of rotatable bonds is 8. The van der Waals surface area contributed by atoms with E-state index < -0.39 is 31.9 Å². The number of carbonyl (C=O) groups excluding carboxylic acids is 2. The Bertz CT molecular complexity index is 2500. The summed E-state index contributed by atoms with van der Waals surface area (Å²) in [5, 5.41) is 13.1. The lowest BCUT2D eigenvalue weighted by molar-refractivity contribution is -0.295. The molecule has 1 spiro atoms. The topological polar surface area (TPSA) is 141 Å².